The van der Waals surface area contributed by atoms with Crippen LogP contribution in [0.3, 0.4) is 0 Å². The molecule has 1 saturated heterocycles. The van der Waals surface area contributed by atoms with E-state index in [2.05, 4.69) is 49.9 Å². The van der Waals surface area contributed by atoms with Gasteiger partial charge >= 0.3 is 0 Å². The van der Waals surface area contributed by atoms with E-state index in [1.165, 1.54) is 70.6 Å². The van der Waals surface area contributed by atoms with Crippen LogP contribution in [0.2, 0.25) is 18.1 Å². The van der Waals surface area contributed by atoms with Gasteiger partial charge in [-0.2, -0.15) is 0 Å². The standard InChI is InChI=1S/C75H80N4OSi/c1-71(2,3)52-32-37-76-69(44-52)79-66-46-55(28-29-58(66)59-41-51-19-18-40-81(38-14-15-39-81)68(51)47-67(59)79)80-54-21-16-20-53(45-54)77-48-78(65-25-13-12-24-64(65)77)70-56(49-26-30-60-62(42-49)74(8,9)35-33-72(60,4)5)22-17-23-57(70)50-27-31-61-63(43-50)75(10,11)36-34-73(61,6)7/h12-13,16-17,20-32,37,41-47H,14-15,18-19,33-36,38-40H2,1-11H3/i4D3,5D3,6D3,7D3,8D3,9D3,10D3,11D3,26D,27D,30D,31D,33D2,34D2,35D2,36D2,42D,43D. The quantitative estimate of drug-likeness (QED) is 0.0906. The average Bonchev–Trinajstić information content (AvgIpc) is 0.918. The number of fused-ring (bicyclic) bond motifs is 8. The van der Waals surface area contributed by atoms with E-state index in [1.54, 1.807) is 36.5 Å². The second kappa shape index (κ2) is 18.5. The Kier molecular flexibility index (Phi) is 5.76. The SMILES string of the molecule is [2H]c1c([2H])c2c(c([2H])c1-c1cccc(-c3c([2H])c([2H])c4c(c3[2H])C(C([2H])([2H])[2H])(C([2H])([2H])[2H])C([2H])([2H])C([2H])([2H])C4(C([2H])([2H])[2H])C([2H])([2H])[2H])c1-[n+]1[c-]n(-c3cccc(Oc4ccc5c6cc7c(cc6n(-c6cc(C(C)(C)C)ccn6)c5c4)[Si]4(CCCC4)CCC7)c3)c3ccccc31)C(C([2H])([2H])[2H])(C([2H])([2H])[2H])C([2H])([2H])C([2H])([2H])C2(C([2H])([2H])[2H])C([2H])([2H])[2H]. The Labute approximate surface area is 535 Å². The second-order valence-electron chi connectivity index (χ2n) is 23.1. The number of benzene rings is 7. The lowest BCUT2D eigenvalue weighted by molar-refractivity contribution is -0.571. The molecule has 10 aromatic rings. The first-order chi connectivity index (χ1) is 54.3. The molecule has 7 aromatic carbocycles. The number of hydrogen-bond donors (Lipinski definition) is 0. The van der Waals surface area contributed by atoms with Gasteiger partial charge in [0.1, 0.15) is 17.3 Å². The van der Waals surface area contributed by atoms with Gasteiger partial charge in [-0.3, -0.25) is 13.7 Å². The van der Waals surface area contributed by atoms with Crippen molar-refractivity contribution in [3.05, 3.63) is 191 Å². The second-order valence-corrected chi connectivity index (χ2v) is 27.7. The van der Waals surface area contributed by atoms with Crippen LogP contribution >= 0.6 is 0 Å². The van der Waals surface area contributed by atoms with Crippen molar-refractivity contribution in [1.82, 2.24) is 14.1 Å². The van der Waals surface area contributed by atoms with Gasteiger partial charge in [0.25, 0.3) is 6.33 Å². The van der Waals surface area contributed by atoms with Crippen LogP contribution in [0, 0.1) is 6.33 Å². The summed E-state index contributed by atoms with van der Waals surface area (Å²) in [5.74, 6) is 1.16. The maximum absolute atomic E-state index is 10.4. The summed E-state index contributed by atoms with van der Waals surface area (Å²) in [4.78, 5) is 4.98. The molecule has 0 amide bonds. The summed E-state index contributed by atoms with van der Waals surface area (Å²) in [5, 5.41) is 3.41. The summed E-state index contributed by atoms with van der Waals surface area (Å²) in [6, 6.07) is 22.6. The molecule has 2 aliphatic heterocycles. The van der Waals surface area contributed by atoms with Crippen molar-refractivity contribution >= 4 is 46.1 Å². The molecular formula is C75H80N4OSi. The molecule has 0 bridgehead atoms. The number of nitrogens with zero attached hydrogens (tertiary/aromatic N) is 4. The molecule has 1 fully saturated rings. The van der Waals surface area contributed by atoms with E-state index in [0.717, 1.165) is 63.0 Å². The van der Waals surface area contributed by atoms with Crippen LogP contribution in [0.1, 0.15) is 206 Å². The number of para-hydroxylation sites is 3. The van der Waals surface area contributed by atoms with Crippen LogP contribution in [-0.4, -0.2) is 22.2 Å². The van der Waals surface area contributed by atoms with Gasteiger partial charge in [0, 0.05) is 66.9 Å². The summed E-state index contributed by atoms with van der Waals surface area (Å²) in [6.07, 6.45) is -9.91. The highest BCUT2D eigenvalue weighted by Gasteiger charge is 2.43. The van der Waals surface area contributed by atoms with Crippen molar-refractivity contribution in [1.29, 1.82) is 0 Å². The normalized spacial score (nSPS) is 29.1. The number of aromatic nitrogens is 4. The van der Waals surface area contributed by atoms with Crippen molar-refractivity contribution in [2.45, 2.75) is 172 Å². The van der Waals surface area contributed by atoms with Crippen molar-refractivity contribution in [2.24, 2.45) is 0 Å². The Balaban J connectivity index is 1.10. The lowest BCUT2D eigenvalue weighted by atomic mass is 9.62. The average molecular weight is 1120 g/mol. The van der Waals surface area contributed by atoms with Gasteiger partial charge in [-0.15, -0.1) is 0 Å². The number of aryl methyl sites for hydroxylation is 1. The molecule has 410 valence electrons. The zero-order valence-corrected chi connectivity index (χ0v) is 45.6. The fraction of sp³-hybridized carbons (Fsp3) is 0.360. The van der Waals surface area contributed by atoms with Gasteiger partial charge in [-0.25, -0.2) is 4.98 Å². The molecule has 4 aliphatic rings. The first-order valence-corrected chi connectivity index (χ1v) is 29.7. The Morgan fingerprint density at radius 2 is 1.23 bits per heavy atom. The van der Waals surface area contributed by atoms with Gasteiger partial charge in [-0.1, -0.05) is 203 Å². The summed E-state index contributed by atoms with van der Waals surface area (Å²) in [5.41, 5.74) is -27.6. The van der Waals surface area contributed by atoms with E-state index >= 15 is 0 Å². The maximum Gasteiger partial charge on any atom is 0.269 e. The molecule has 81 heavy (non-hydrogen) atoms. The van der Waals surface area contributed by atoms with Crippen LogP contribution < -0.4 is 14.5 Å². The van der Waals surface area contributed by atoms with Crippen molar-refractivity contribution in [3.63, 3.8) is 0 Å². The van der Waals surface area contributed by atoms with Crippen LogP contribution in [0.4, 0.5) is 0 Å². The Morgan fingerprint density at radius 1 is 0.617 bits per heavy atom. The monoisotopic (exact) mass is 1120 g/mol. The van der Waals surface area contributed by atoms with E-state index in [9.17, 15) is 19.2 Å². The van der Waals surface area contributed by atoms with Gasteiger partial charge in [-0.05, 0) is 169 Å². The maximum atomic E-state index is 10.4. The molecule has 0 radical (unpaired) electrons. The van der Waals surface area contributed by atoms with E-state index in [-0.39, 0.29) is 27.9 Å². The molecule has 1 spiro atoms. The predicted molar refractivity (Wildman–Crippen MR) is 340 cm³/mol. The Hall–Kier alpha value is -7.02. The van der Waals surface area contributed by atoms with Gasteiger partial charge in [0.15, 0.2) is 0 Å². The molecule has 3 aromatic heterocycles. The molecule has 0 saturated carbocycles. The fourth-order valence-corrected chi connectivity index (χ4v) is 18.3. The first kappa shape index (κ1) is 25.2. The number of imidazole rings is 1. The van der Waals surface area contributed by atoms with Crippen LogP contribution in [0.25, 0.3) is 72.3 Å². The highest BCUT2D eigenvalue weighted by atomic mass is 28.3. The smallest absolute Gasteiger partial charge is 0.269 e. The van der Waals surface area contributed by atoms with Gasteiger partial charge in [0.2, 0.25) is 0 Å². The van der Waals surface area contributed by atoms with Gasteiger partial charge < -0.3 is 4.74 Å². The molecule has 0 unspecified atom stereocenters. The molecular weight excluding hydrogens is 1000 g/mol. The third-order valence-corrected chi connectivity index (χ3v) is 22.3. The largest absolute Gasteiger partial charge is 0.458 e. The minimum absolute atomic E-state index is 0.0675. The van der Waals surface area contributed by atoms with Crippen LogP contribution in [-0.2, 0) is 33.5 Å². The predicted octanol–water partition coefficient (Wildman–Crippen LogP) is 18.7. The molecule has 5 heterocycles. The topological polar surface area (TPSA) is 35.9 Å². The highest BCUT2D eigenvalue weighted by molar-refractivity contribution is 6.93. The lowest BCUT2D eigenvalue weighted by Crippen LogP contribution is -2.49. The molecule has 6 heteroatoms. The van der Waals surface area contributed by atoms with Crippen molar-refractivity contribution in [2.75, 3.05) is 0 Å². The molecule has 14 rings (SSSR count). The van der Waals surface area contributed by atoms with E-state index in [0.29, 0.717) is 11.6 Å². The minimum Gasteiger partial charge on any atom is -0.458 e. The third-order valence-electron chi connectivity index (χ3n) is 16.7. The number of ether oxygens (including phenoxy) is 1. The number of rotatable bonds is 7. The van der Waals surface area contributed by atoms with Crippen LogP contribution in [0.5, 0.6) is 11.5 Å². The van der Waals surface area contributed by atoms with E-state index in [1.807, 2.05) is 18.2 Å². The Morgan fingerprint density at radius 3 is 1.90 bits per heavy atom. The zero-order chi connectivity index (χ0) is 88.4. The molecule has 5 nitrogen and oxygen atoms in total. The van der Waals surface area contributed by atoms with Crippen LogP contribution in [0.15, 0.2) is 152 Å². The van der Waals surface area contributed by atoms with E-state index < -0.39 is 196 Å². The third kappa shape index (κ3) is 8.58. The summed E-state index contributed by atoms with van der Waals surface area (Å²) < 4.78 is 365. The molecule has 0 N–H and O–H groups in total. The van der Waals surface area contributed by atoms with Crippen molar-refractivity contribution < 1.29 is 61.4 Å². The van der Waals surface area contributed by atoms with Crippen molar-refractivity contribution in [3.8, 4) is 50.9 Å². The fourth-order valence-electron chi connectivity index (χ4n) is 12.7. The van der Waals surface area contributed by atoms with Gasteiger partial charge in [0.05, 0.1) is 49.7 Å². The van der Waals surface area contributed by atoms with E-state index in [4.69, 9.17) is 42.6 Å². The number of hydrogen-bond acceptors (Lipinski definition) is 2. The summed E-state index contributed by atoms with van der Waals surface area (Å²) in [7, 11) is -1.83. The molecule has 0 atom stereocenters. The minimum atomic E-state index is -4.85. The summed E-state index contributed by atoms with van der Waals surface area (Å²) >= 11 is 0. The summed E-state index contributed by atoms with van der Waals surface area (Å²) in [6.45, 7) is -30.0. The highest BCUT2D eigenvalue weighted by Crippen LogP contribution is 2.50. The molecule has 2 aliphatic carbocycles. The lowest BCUT2D eigenvalue weighted by Gasteiger charge is -2.42. The Bertz CT molecular complexity index is 5630. The first-order valence-electron chi connectivity index (χ1n) is 46.1. The zero-order valence-electron chi connectivity index (χ0n) is 82.6. The number of pyridine rings is 1.